The molecule has 0 N–H and O–H groups in total. The molecular weight excluding hydrogens is 1050 g/mol. The molecule has 0 saturated heterocycles. The first-order valence-electron chi connectivity index (χ1n) is 26.4. The Bertz CT molecular complexity index is 2230. The average molecular weight is 1140 g/mol. The molecule has 0 atom stereocenters. The van der Waals surface area contributed by atoms with Gasteiger partial charge in [-0.2, -0.15) is 0 Å². The van der Waals surface area contributed by atoms with E-state index < -0.39 is 30.4 Å². The molecule has 0 saturated carbocycles. The van der Waals surface area contributed by atoms with Crippen molar-refractivity contribution in [1.82, 2.24) is 0 Å². The molecule has 0 spiro atoms. The third kappa shape index (κ3) is 17.3. The second-order valence-corrected chi connectivity index (χ2v) is 28.1. The second-order valence-electron chi connectivity index (χ2n) is 19.0. The minimum atomic E-state index is -3.62. The average Bonchev–Trinajstić information content (AvgIpc) is 3.41. The number of unbranched alkanes of at least 4 members (excludes halogenated alkanes) is 4. The predicted octanol–water partition coefficient (Wildman–Crippen LogP) is 15.0. The van der Waals surface area contributed by atoms with E-state index in [0.717, 1.165) is 95.9 Å². The predicted molar refractivity (Wildman–Crippen MR) is 300 cm³/mol. The maximum Gasteiger partial charge on any atom is 0.334 e. The summed E-state index contributed by atoms with van der Waals surface area (Å²) in [5.41, 5.74) is 8.92. The zero-order valence-electron chi connectivity index (χ0n) is 47.1. The van der Waals surface area contributed by atoms with Crippen LogP contribution in [-0.2, 0) is 105 Å². The standard InChI is InChI=1S/C56H84O16P4/c1-13-17-21-69-53-45-25-41(37-73(57,61-5)62-6)26-46(53)34-48-28-43(39-75(59,65-9)66-10)30-50(55(48)71-23-19-15-3)36-52-32-44(40-76(60,67-11)68-12)31-51(56(52)72-24-20-16-4)35-49-29-42(38-74(58,63-7)64-8)27-47(33-45)54(49)70-22-18-14-2/h25-32H,13-24,33-40H2,1-12H3. The fourth-order valence-corrected chi connectivity index (χ4v) is 13.4. The van der Waals surface area contributed by atoms with Gasteiger partial charge >= 0.3 is 30.4 Å². The molecule has 0 heterocycles. The van der Waals surface area contributed by atoms with Gasteiger partial charge < -0.3 is 55.1 Å². The van der Waals surface area contributed by atoms with Crippen LogP contribution >= 0.6 is 30.4 Å². The highest BCUT2D eigenvalue weighted by Gasteiger charge is 2.31. The molecule has 16 nitrogen and oxygen atoms in total. The van der Waals surface area contributed by atoms with Crippen LogP contribution in [0.3, 0.4) is 0 Å². The lowest BCUT2D eigenvalue weighted by molar-refractivity contribution is 0.274. The van der Waals surface area contributed by atoms with Gasteiger partial charge in [0.05, 0.1) is 51.1 Å². The number of benzene rings is 4. The van der Waals surface area contributed by atoms with Gasteiger partial charge in [-0.15, -0.1) is 0 Å². The largest absolute Gasteiger partial charge is 0.493 e. The van der Waals surface area contributed by atoms with Crippen LogP contribution in [0.1, 0.15) is 146 Å². The van der Waals surface area contributed by atoms with Gasteiger partial charge in [0.25, 0.3) is 0 Å². The molecule has 1 aliphatic rings. The van der Waals surface area contributed by atoms with E-state index in [1.54, 1.807) is 0 Å². The molecule has 5 rings (SSSR count). The zero-order valence-corrected chi connectivity index (χ0v) is 50.7. The fourth-order valence-electron chi connectivity index (χ4n) is 9.27. The minimum Gasteiger partial charge on any atom is -0.493 e. The molecule has 20 heteroatoms. The summed E-state index contributed by atoms with van der Waals surface area (Å²) in [6.07, 6.45) is 7.48. The first-order chi connectivity index (χ1) is 36.5. The smallest absolute Gasteiger partial charge is 0.334 e. The summed E-state index contributed by atoms with van der Waals surface area (Å²) in [6, 6.07) is 15.9. The normalized spacial score (nSPS) is 13.2. The lowest BCUT2D eigenvalue weighted by atomic mass is 9.88. The van der Waals surface area contributed by atoms with E-state index in [1.165, 1.54) is 56.9 Å². The van der Waals surface area contributed by atoms with Crippen LogP contribution in [0.25, 0.3) is 0 Å². The Morgan fingerprint density at radius 3 is 0.592 bits per heavy atom. The van der Waals surface area contributed by atoms with E-state index in [4.69, 9.17) is 55.1 Å². The molecule has 4 aromatic rings. The van der Waals surface area contributed by atoms with Gasteiger partial charge in [0.15, 0.2) is 0 Å². The Balaban J connectivity index is 2.06. The molecule has 4 aromatic carbocycles. The van der Waals surface area contributed by atoms with Crippen LogP contribution in [0, 0.1) is 0 Å². The van der Waals surface area contributed by atoms with E-state index in [0.29, 0.717) is 71.7 Å². The third-order valence-corrected chi connectivity index (χ3v) is 20.9. The molecular formula is C56H84O16P4. The van der Waals surface area contributed by atoms with Crippen LogP contribution in [0.15, 0.2) is 48.5 Å². The molecule has 0 radical (unpaired) electrons. The number of rotatable bonds is 32. The Morgan fingerprint density at radius 2 is 0.461 bits per heavy atom. The first kappa shape index (κ1) is 63.5. The van der Waals surface area contributed by atoms with E-state index >= 15 is 0 Å². The van der Waals surface area contributed by atoms with Crippen molar-refractivity contribution in [3.63, 3.8) is 0 Å². The highest BCUT2D eigenvalue weighted by atomic mass is 31.2. The van der Waals surface area contributed by atoms with Crippen molar-refractivity contribution >= 4 is 30.4 Å². The number of hydrogen-bond acceptors (Lipinski definition) is 16. The van der Waals surface area contributed by atoms with E-state index in [9.17, 15) is 18.3 Å². The van der Waals surface area contributed by atoms with Crippen molar-refractivity contribution in [1.29, 1.82) is 0 Å². The quantitative estimate of drug-likeness (QED) is 0.0293. The molecule has 424 valence electrons. The van der Waals surface area contributed by atoms with E-state index in [1.807, 2.05) is 48.5 Å². The summed E-state index contributed by atoms with van der Waals surface area (Å²) in [5.74, 6) is 2.53. The molecule has 0 unspecified atom stereocenters. The van der Waals surface area contributed by atoms with Gasteiger partial charge in [0.2, 0.25) is 0 Å². The fraction of sp³-hybridized carbons (Fsp3) is 0.571. The highest BCUT2D eigenvalue weighted by Crippen LogP contribution is 2.54. The Morgan fingerprint density at radius 1 is 0.303 bits per heavy atom. The maximum atomic E-state index is 14.1. The SMILES string of the molecule is CCCCOc1c2cc(CP(=O)(OC)OC)cc1Cc1cc(CP(=O)(OC)OC)cc(c1OCCCC)Cc1cc(CP(=O)(OC)OC)cc(c1OCCCC)Cc1cc(CP(=O)(OC)OC)cc(c1OCCCC)C2. The van der Waals surface area contributed by atoms with Gasteiger partial charge in [0.1, 0.15) is 23.0 Å². The van der Waals surface area contributed by atoms with Gasteiger partial charge in [-0.1, -0.05) is 102 Å². The summed E-state index contributed by atoms with van der Waals surface area (Å²) in [5, 5.41) is 0. The van der Waals surface area contributed by atoms with Crippen molar-refractivity contribution in [3.05, 3.63) is 115 Å². The van der Waals surface area contributed by atoms with Crippen LogP contribution in [0.2, 0.25) is 0 Å². The molecule has 0 aromatic heterocycles. The zero-order chi connectivity index (χ0) is 55.5. The minimum absolute atomic E-state index is 0.0435. The summed E-state index contributed by atoms with van der Waals surface area (Å²) in [7, 11) is -3.48. The van der Waals surface area contributed by atoms with Crippen molar-refractivity contribution in [2.45, 2.75) is 129 Å². The third-order valence-electron chi connectivity index (χ3n) is 13.4. The van der Waals surface area contributed by atoms with Crippen molar-refractivity contribution in [2.75, 3.05) is 83.3 Å². The molecule has 8 bridgehead atoms. The molecule has 76 heavy (non-hydrogen) atoms. The maximum absolute atomic E-state index is 14.1. The van der Waals surface area contributed by atoms with E-state index in [2.05, 4.69) is 27.7 Å². The molecule has 0 amide bonds. The Hall–Kier alpha value is -3.32. The molecule has 0 fully saturated rings. The summed E-state index contributed by atoms with van der Waals surface area (Å²) in [4.78, 5) is 0. The van der Waals surface area contributed by atoms with Crippen LogP contribution in [-0.4, -0.2) is 83.3 Å². The summed E-state index contributed by atoms with van der Waals surface area (Å²) in [6.45, 7) is 10.1. The lowest BCUT2D eigenvalue weighted by Crippen LogP contribution is -2.12. The Labute approximate surface area is 452 Å². The lowest BCUT2D eigenvalue weighted by Gasteiger charge is -2.26. The summed E-state index contributed by atoms with van der Waals surface area (Å²) >= 11 is 0. The van der Waals surface area contributed by atoms with Crippen LogP contribution < -0.4 is 18.9 Å². The number of ether oxygens (including phenoxy) is 4. The van der Waals surface area contributed by atoms with Gasteiger partial charge in [-0.3, -0.25) is 18.3 Å². The van der Waals surface area contributed by atoms with Crippen molar-refractivity contribution in [3.8, 4) is 23.0 Å². The number of fused-ring (bicyclic) bond motifs is 8. The van der Waals surface area contributed by atoms with E-state index in [-0.39, 0.29) is 50.3 Å². The van der Waals surface area contributed by atoms with Gasteiger partial charge in [-0.05, 0) is 92.4 Å². The van der Waals surface area contributed by atoms with Gasteiger partial charge in [-0.25, -0.2) is 0 Å². The van der Waals surface area contributed by atoms with Crippen molar-refractivity contribution in [2.24, 2.45) is 0 Å². The highest BCUT2D eigenvalue weighted by molar-refractivity contribution is 7.53. The molecule has 1 aliphatic carbocycles. The number of hydrogen-bond donors (Lipinski definition) is 0. The second kappa shape index (κ2) is 30.3. The summed E-state index contributed by atoms with van der Waals surface area (Å²) < 4.78 is 128. The monoisotopic (exact) mass is 1140 g/mol. The van der Waals surface area contributed by atoms with Crippen LogP contribution in [0.5, 0.6) is 23.0 Å². The van der Waals surface area contributed by atoms with Crippen LogP contribution in [0.4, 0.5) is 0 Å². The molecule has 0 aliphatic heterocycles. The Kier molecular flexibility index (Phi) is 25.3. The van der Waals surface area contributed by atoms with Crippen molar-refractivity contribution < 1.29 is 73.4 Å². The topological polar surface area (TPSA) is 179 Å². The van der Waals surface area contributed by atoms with Gasteiger partial charge in [0, 0.05) is 82.6 Å². The first-order valence-corrected chi connectivity index (χ1v) is 33.3.